The van der Waals surface area contributed by atoms with Gasteiger partial charge in [0.1, 0.15) is 0 Å². The summed E-state index contributed by atoms with van der Waals surface area (Å²) < 4.78 is 22.0. The number of unbranched alkanes of at least 4 members (excludes halogenated alkanes) is 21. The van der Waals surface area contributed by atoms with Crippen molar-refractivity contribution in [2.45, 2.75) is 205 Å². The number of carbonyl (C=O) groups excluding carboxylic acids is 1. The summed E-state index contributed by atoms with van der Waals surface area (Å²) in [5.74, 6) is -0.460. The van der Waals surface area contributed by atoms with Gasteiger partial charge in [0, 0.05) is 6.54 Å². The molecule has 10 heteroatoms. The lowest BCUT2D eigenvalue weighted by Gasteiger charge is -2.24. The highest BCUT2D eigenvalue weighted by Crippen LogP contribution is 2.43. The smallest absolute Gasteiger partial charge is 0.393 e. The Kier molecular flexibility index (Phi) is 37.0. The maximum atomic E-state index is 12.8. The molecule has 0 heterocycles. The predicted octanol–water partition coefficient (Wildman–Crippen LogP) is 10.5. The summed E-state index contributed by atoms with van der Waals surface area (Å²) in [6.07, 6.45) is 40.9. The molecule has 0 radical (unpaired) electrons. The van der Waals surface area contributed by atoms with Crippen LogP contribution in [0, 0.1) is 0 Å². The van der Waals surface area contributed by atoms with Gasteiger partial charge in [-0.25, -0.2) is 4.57 Å². The Bertz CT molecular complexity index is 930. The molecular weight excluding hydrogens is 675 g/mol. The summed E-state index contributed by atoms with van der Waals surface area (Å²) in [5.41, 5.74) is 5.35. The fourth-order valence-corrected chi connectivity index (χ4v) is 6.79. The molecule has 0 spiro atoms. The number of nitrogens with two attached hydrogens (primary N) is 1. The molecule has 0 aliphatic rings. The average Bonchev–Trinajstić information content (AvgIpc) is 3.12. The number of hydrogen-bond acceptors (Lipinski definition) is 7. The van der Waals surface area contributed by atoms with E-state index in [-0.39, 0.29) is 19.6 Å². The van der Waals surface area contributed by atoms with Gasteiger partial charge in [-0.05, 0) is 44.9 Å². The lowest BCUT2D eigenvalue weighted by molar-refractivity contribution is -0.124. The van der Waals surface area contributed by atoms with E-state index in [1.807, 2.05) is 6.08 Å². The number of carbonyl (C=O) groups is 1. The van der Waals surface area contributed by atoms with E-state index >= 15 is 0 Å². The number of phosphoric ester groups is 1. The molecule has 0 aliphatic heterocycles. The van der Waals surface area contributed by atoms with Crippen molar-refractivity contribution in [3.63, 3.8) is 0 Å². The molecule has 0 fully saturated rings. The maximum absolute atomic E-state index is 12.8. The molecule has 0 aromatic rings. The van der Waals surface area contributed by atoms with E-state index in [0.717, 1.165) is 44.9 Å². The first-order valence-electron chi connectivity index (χ1n) is 21.2. The Hall–Kier alpha value is -1.32. The molecular formula is C42H81N2O7P. The molecule has 306 valence electrons. The number of amides is 1. The van der Waals surface area contributed by atoms with Gasteiger partial charge in [-0.3, -0.25) is 13.8 Å². The van der Waals surface area contributed by atoms with Gasteiger partial charge in [0.25, 0.3) is 0 Å². The van der Waals surface area contributed by atoms with Gasteiger partial charge in [0.15, 0.2) is 0 Å². The second-order valence-electron chi connectivity index (χ2n) is 14.4. The highest BCUT2D eigenvalue weighted by Gasteiger charge is 2.27. The summed E-state index contributed by atoms with van der Waals surface area (Å²) in [5, 5.41) is 24.0. The molecule has 0 bridgehead atoms. The van der Waals surface area contributed by atoms with Gasteiger partial charge in [-0.1, -0.05) is 172 Å². The number of rotatable bonds is 39. The van der Waals surface area contributed by atoms with Crippen LogP contribution in [0.5, 0.6) is 0 Å². The number of phosphoric acid groups is 1. The first kappa shape index (κ1) is 50.7. The third kappa shape index (κ3) is 35.7. The van der Waals surface area contributed by atoms with Crippen LogP contribution in [0.4, 0.5) is 0 Å². The zero-order valence-corrected chi connectivity index (χ0v) is 34.3. The van der Waals surface area contributed by atoms with Crippen LogP contribution in [-0.2, 0) is 18.4 Å². The van der Waals surface area contributed by atoms with Crippen molar-refractivity contribution in [1.29, 1.82) is 0 Å². The molecule has 1 amide bonds. The fourth-order valence-electron chi connectivity index (χ4n) is 6.03. The molecule has 9 nitrogen and oxygen atoms in total. The molecule has 0 aliphatic carbocycles. The minimum absolute atomic E-state index is 0.0427. The van der Waals surface area contributed by atoms with E-state index in [2.05, 4.69) is 43.5 Å². The Morgan fingerprint density at radius 1 is 0.654 bits per heavy atom. The summed E-state index contributed by atoms with van der Waals surface area (Å²) in [7, 11) is -4.41. The first-order chi connectivity index (χ1) is 25.3. The van der Waals surface area contributed by atoms with Crippen LogP contribution >= 0.6 is 7.82 Å². The minimum atomic E-state index is -4.41. The van der Waals surface area contributed by atoms with Crippen LogP contribution in [0.25, 0.3) is 0 Å². The number of nitrogens with one attached hydrogen (secondary N) is 1. The van der Waals surface area contributed by atoms with Crippen LogP contribution in [0.15, 0.2) is 36.5 Å². The lowest BCUT2D eigenvalue weighted by atomic mass is 10.0. The number of aliphatic hydroxyl groups excluding tert-OH is 2. The second kappa shape index (κ2) is 38.0. The van der Waals surface area contributed by atoms with E-state index in [1.165, 1.54) is 109 Å². The highest BCUT2D eigenvalue weighted by atomic mass is 31.2. The Balaban J connectivity index is 4.44. The fraction of sp³-hybridized carbons (Fsp3) is 0.833. The minimum Gasteiger partial charge on any atom is -0.393 e. The van der Waals surface area contributed by atoms with Gasteiger partial charge < -0.3 is 26.2 Å². The molecule has 52 heavy (non-hydrogen) atoms. The number of hydrogen-bond donors (Lipinski definition) is 5. The van der Waals surface area contributed by atoms with Crippen molar-refractivity contribution in [3.05, 3.63) is 36.5 Å². The second-order valence-corrected chi connectivity index (χ2v) is 15.8. The van der Waals surface area contributed by atoms with Gasteiger partial charge >= 0.3 is 7.82 Å². The van der Waals surface area contributed by atoms with E-state index in [1.54, 1.807) is 6.08 Å². The molecule has 0 aromatic carbocycles. The zero-order chi connectivity index (χ0) is 38.4. The summed E-state index contributed by atoms with van der Waals surface area (Å²) in [6.45, 7) is 3.93. The average molecular weight is 757 g/mol. The maximum Gasteiger partial charge on any atom is 0.472 e. The molecule has 0 aromatic heterocycles. The van der Waals surface area contributed by atoms with E-state index in [4.69, 9.17) is 14.8 Å². The summed E-state index contributed by atoms with van der Waals surface area (Å²) in [6, 6.07) is -1.00. The normalized spacial score (nSPS) is 15.1. The lowest BCUT2D eigenvalue weighted by Crippen LogP contribution is -2.46. The predicted molar refractivity (Wildman–Crippen MR) is 218 cm³/mol. The van der Waals surface area contributed by atoms with Crippen molar-refractivity contribution >= 4 is 13.7 Å². The van der Waals surface area contributed by atoms with E-state index < -0.39 is 38.6 Å². The van der Waals surface area contributed by atoms with Crippen LogP contribution in [0.3, 0.4) is 0 Å². The molecule has 0 rings (SSSR count). The van der Waals surface area contributed by atoms with Gasteiger partial charge in [-0.2, -0.15) is 0 Å². The van der Waals surface area contributed by atoms with E-state index in [9.17, 15) is 24.5 Å². The van der Waals surface area contributed by atoms with Crippen molar-refractivity contribution in [1.82, 2.24) is 5.32 Å². The molecule has 0 saturated heterocycles. The zero-order valence-electron chi connectivity index (χ0n) is 33.4. The summed E-state index contributed by atoms with van der Waals surface area (Å²) >= 11 is 0. The van der Waals surface area contributed by atoms with Crippen molar-refractivity contribution < 1.29 is 33.5 Å². The molecule has 4 unspecified atom stereocenters. The third-order valence-corrected chi connectivity index (χ3v) is 10.2. The summed E-state index contributed by atoms with van der Waals surface area (Å²) in [4.78, 5) is 22.7. The number of allylic oxidation sites excluding steroid dienone is 5. The Labute approximate surface area is 319 Å². The molecule has 6 N–H and O–H groups in total. The molecule has 4 atom stereocenters. The number of aliphatic hydroxyl groups is 2. The van der Waals surface area contributed by atoms with Crippen molar-refractivity contribution in [2.75, 3.05) is 19.8 Å². The van der Waals surface area contributed by atoms with Crippen LogP contribution in [-0.4, -0.2) is 59.0 Å². The van der Waals surface area contributed by atoms with Gasteiger partial charge in [0.2, 0.25) is 5.91 Å². The van der Waals surface area contributed by atoms with Crippen LogP contribution in [0.1, 0.15) is 187 Å². The topological polar surface area (TPSA) is 151 Å². The molecule has 0 saturated carbocycles. The van der Waals surface area contributed by atoms with Gasteiger partial charge in [-0.15, -0.1) is 0 Å². The standard InChI is InChI=1S/C42H81N2O7P/c1-3-5-7-9-11-13-15-17-18-19-20-21-22-24-26-28-30-32-34-41(46)40(38-51-52(48,49)50-36-35-43)44-42(47)37-39(45)33-31-29-27-25-23-16-14-12-10-8-6-4-2/h19-20,24,26,32,34,39-41,45-46H,3-18,21-23,25,27-31,33,35-38,43H2,1-2H3,(H,44,47)(H,48,49)/b20-19+,26-24+,34-32+. The first-order valence-corrected chi connectivity index (χ1v) is 22.7. The quantitative estimate of drug-likeness (QED) is 0.0236. The largest absolute Gasteiger partial charge is 0.472 e. The van der Waals surface area contributed by atoms with Crippen molar-refractivity contribution in [2.24, 2.45) is 5.73 Å². The van der Waals surface area contributed by atoms with E-state index in [0.29, 0.717) is 12.8 Å². The Morgan fingerprint density at radius 3 is 1.60 bits per heavy atom. The third-order valence-electron chi connectivity index (χ3n) is 9.25. The highest BCUT2D eigenvalue weighted by molar-refractivity contribution is 7.47. The van der Waals surface area contributed by atoms with Crippen LogP contribution in [0.2, 0.25) is 0 Å². The van der Waals surface area contributed by atoms with Gasteiger partial charge in [0.05, 0.1) is 37.9 Å². The monoisotopic (exact) mass is 757 g/mol. The van der Waals surface area contributed by atoms with Crippen molar-refractivity contribution in [3.8, 4) is 0 Å². The Morgan fingerprint density at radius 2 is 1.10 bits per heavy atom. The SMILES string of the molecule is CCCCCCCCCC/C=C/CC/C=C/CC/C=C/C(O)C(COP(=O)(O)OCCN)NC(=O)CC(O)CCCCCCCCCCCCCC. The van der Waals surface area contributed by atoms with Crippen LogP contribution < -0.4 is 11.1 Å².